The zero-order valence-corrected chi connectivity index (χ0v) is 20.3. The number of aliphatic hydroxyl groups is 1. The van der Waals surface area contributed by atoms with Gasteiger partial charge in [-0.1, -0.05) is 11.6 Å². The first-order valence-electron chi connectivity index (χ1n) is 12.0. The number of likely N-dealkylation sites (tertiary alicyclic amines) is 1. The molecule has 0 radical (unpaired) electrons. The molecular formula is C25H26ClN5O5. The number of aromatic nitrogens is 2. The maximum atomic E-state index is 13.2. The van der Waals surface area contributed by atoms with Crippen molar-refractivity contribution >= 4 is 51.9 Å². The summed E-state index contributed by atoms with van der Waals surface area (Å²) in [6.45, 7) is 0.550. The molecule has 3 N–H and O–H groups in total. The van der Waals surface area contributed by atoms with Gasteiger partial charge in [0.2, 0.25) is 17.6 Å². The van der Waals surface area contributed by atoms with Gasteiger partial charge >= 0.3 is 0 Å². The van der Waals surface area contributed by atoms with Gasteiger partial charge < -0.3 is 25.1 Å². The van der Waals surface area contributed by atoms with E-state index in [1.807, 2.05) is 4.90 Å². The van der Waals surface area contributed by atoms with Crippen molar-refractivity contribution in [2.24, 2.45) is 5.92 Å². The van der Waals surface area contributed by atoms with Gasteiger partial charge in [0.15, 0.2) is 5.58 Å². The summed E-state index contributed by atoms with van der Waals surface area (Å²) in [6.07, 6.45) is 7.20. The summed E-state index contributed by atoms with van der Waals surface area (Å²) in [6, 6.07) is 4.90. The number of fused-ring (bicyclic) bond motifs is 1. The highest BCUT2D eigenvalue weighted by Gasteiger charge is 2.34. The van der Waals surface area contributed by atoms with E-state index in [1.54, 1.807) is 18.2 Å². The molecule has 10 nitrogen and oxygen atoms in total. The Labute approximate surface area is 212 Å². The van der Waals surface area contributed by atoms with Gasteiger partial charge in [-0.25, -0.2) is 4.98 Å². The maximum absolute atomic E-state index is 13.2. The highest BCUT2D eigenvalue weighted by atomic mass is 35.5. The van der Waals surface area contributed by atoms with Crippen LogP contribution in [0.2, 0.25) is 5.02 Å². The molecule has 188 valence electrons. The van der Waals surface area contributed by atoms with Crippen molar-refractivity contribution in [3.05, 3.63) is 46.9 Å². The first kappa shape index (κ1) is 24.2. The Morgan fingerprint density at radius 3 is 2.61 bits per heavy atom. The molecule has 11 heteroatoms. The molecule has 3 aromatic rings. The van der Waals surface area contributed by atoms with Crippen LogP contribution in [0.1, 0.15) is 54.6 Å². The number of carbonyl (C=O) groups is 3. The second kappa shape index (κ2) is 10.2. The quantitative estimate of drug-likeness (QED) is 0.458. The van der Waals surface area contributed by atoms with Crippen molar-refractivity contribution in [1.82, 2.24) is 14.9 Å². The number of hydrogen-bond donors (Lipinski definition) is 3. The van der Waals surface area contributed by atoms with E-state index in [4.69, 9.17) is 16.0 Å². The number of amides is 3. The molecule has 1 saturated carbocycles. The molecule has 0 aromatic carbocycles. The molecule has 36 heavy (non-hydrogen) atoms. The van der Waals surface area contributed by atoms with Crippen molar-refractivity contribution in [2.45, 2.75) is 51.2 Å². The normalized spacial score (nSPS) is 20.1. The molecule has 1 saturated heterocycles. The van der Waals surface area contributed by atoms with Gasteiger partial charge in [0, 0.05) is 37.3 Å². The molecule has 3 amide bonds. The van der Waals surface area contributed by atoms with Crippen LogP contribution in [-0.2, 0) is 16.2 Å². The van der Waals surface area contributed by atoms with Crippen LogP contribution < -0.4 is 10.6 Å². The minimum absolute atomic E-state index is 0.117. The van der Waals surface area contributed by atoms with Crippen LogP contribution in [0.25, 0.3) is 11.1 Å². The van der Waals surface area contributed by atoms with E-state index in [1.165, 1.54) is 12.4 Å². The average Bonchev–Trinajstić information content (AvgIpc) is 3.48. The Bertz CT molecular complexity index is 1300. The molecule has 1 aliphatic carbocycles. The van der Waals surface area contributed by atoms with Gasteiger partial charge in [-0.15, -0.1) is 0 Å². The van der Waals surface area contributed by atoms with Gasteiger partial charge in [-0.2, -0.15) is 0 Å². The molecule has 2 aliphatic rings. The Morgan fingerprint density at radius 2 is 1.94 bits per heavy atom. The molecule has 1 aliphatic heterocycles. The largest absolute Gasteiger partial charge is 0.447 e. The van der Waals surface area contributed by atoms with Crippen LogP contribution in [0.5, 0.6) is 0 Å². The third kappa shape index (κ3) is 4.91. The summed E-state index contributed by atoms with van der Waals surface area (Å²) in [7, 11) is 0. The number of halogens is 1. The fraction of sp³-hybridized carbons (Fsp3) is 0.400. The van der Waals surface area contributed by atoms with Crippen LogP contribution in [0.3, 0.4) is 0 Å². The minimum Gasteiger partial charge on any atom is -0.447 e. The predicted molar refractivity (Wildman–Crippen MR) is 132 cm³/mol. The molecule has 3 aromatic heterocycles. The van der Waals surface area contributed by atoms with Gasteiger partial charge in [0.05, 0.1) is 11.6 Å². The predicted octanol–water partition coefficient (Wildman–Crippen LogP) is 3.74. The molecular weight excluding hydrogens is 486 g/mol. The third-order valence-corrected chi connectivity index (χ3v) is 7.03. The van der Waals surface area contributed by atoms with Crippen LogP contribution in [0.15, 0.2) is 35.0 Å². The van der Waals surface area contributed by atoms with Crippen molar-refractivity contribution < 1.29 is 23.9 Å². The summed E-state index contributed by atoms with van der Waals surface area (Å²) >= 11 is 5.87. The number of carbonyl (C=O) groups excluding carboxylic acids is 3. The van der Waals surface area contributed by atoms with E-state index in [0.717, 1.165) is 25.8 Å². The monoisotopic (exact) mass is 511 g/mol. The Morgan fingerprint density at radius 1 is 1.14 bits per heavy atom. The van der Waals surface area contributed by atoms with Crippen molar-refractivity contribution in [2.75, 3.05) is 17.2 Å². The van der Waals surface area contributed by atoms with E-state index in [2.05, 4.69) is 20.6 Å². The van der Waals surface area contributed by atoms with E-state index in [-0.39, 0.29) is 53.2 Å². The lowest BCUT2D eigenvalue weighted by Crippen LogP contribution is -2.40. The lowest BCUT2D eigenvalue weighted by atomic mass is 9.84. The molecule has 0 spiro atoms. The van der Waals surface area contributed by atoms with E-state index in [9.17, 15) is 19.5 Å². The second-order valence-corrected chi connectivity index (χ2v) is 9.59. The summed E-state index contributed by atoms with van der Waals surface area (Å²) < 4.78 is 5.79. The van der Waals surface area contributed by atoms with Crippen LogP contribution in [0, 0.1) is 5.92 Å². The first-order valence-corrected chi connectivity index (χ1v) is 12.4. The highest BCUT2D eigenvalue weighted by molar-refractivity contribution is 6.30. The number of furan rings is 1. The van der Waals surface area contributed by atoms with Crippen LogP contribution >= 0.6 is 11.6 Å². The zero-order valence-electron chi connectivity index (χ0n) is 19.5. The molecule has 4 heterocycles. The summed E-state index contributed by atoms with van der Waals surface area (Å²) in [5.74, 6) is -0.744. The lowest BCUT2D eigenvalue weighted by Gasteiger charge is -2.34. The topological polar surface area (TPSA) is 138 Å². The number of hydrogen-bond acceptors (Lipinski definition) is 7. The standard InChI is InChI=1S/C25H26ClN5O5/c26-16-5-8-19(27-12-16)29-25(35)23-22(21-18(36-23)10-14(13-32)11-28-21)30-24(34)15-3-6-17(7-4-15)31-9-1-2-20(31)33/h5,8,10-12,15,17,32H,1-4,6-7,9,13H2,(H,30,34)(H,27,29,35)/t15-,17-. The number of nitrogens with zero attached hydrogens (tertiary/aromatic N) is 3. The number of rotatable bonds is 6. The van der Waals surface area contributed by atoms with Crippen LogP contribution in [0.4, 0.5) is 11.5 Å². The fourth-order valence-corrected chi connectivity index (χ4v) is 5.05. The molecule has 0 unspecified atom stereocenters. The van der Waals surface area contributed by atoms with Crippen molar-refractivity contribution in [1.29, 1.82) is 0 Å². The van der Waals surface area contributed by atoms with Gasteiger partial charge in [0.1, 0.15) is 17.0 Å². The molecule has 5 rings (SSSR count). The first-order chi connectivity index (χ1) is 17.4. The van der Waals surface area contributed by atoms with E-state index >= 15 is 0 Å². The zero-order chi connectivity index (χ0) is 25.2. The van der Waals surface area contributed by atoms with Crippen molar-refractivity contribution in [3.8, 4) is 0 Å². The van der Waals surface area contributed by atoms with E-state index < -0.39 is 5.91 Å². The number of pyridine rings is 2. The molecule has 0 atom stereocenters. The third-order valence-electron chi connectivity index (χ3n) is 6.81. The second-order valence-electron chi connectivity index (χ2n) is 9.16. The summed E-state index contributed by atoms with van der Waals surface area (Å²) in [5, 5.41) is 15.4. The molecule has 2 fully saturated rings. The highest BCUT2D eigenvalue weighted by Crippen LogP contribution is 2.34. The fourth-order valence-electron chi connectivity index (χ4n) is 4.93. The average molecular weight is 512 g/mol. The van der Waals surface area contributed by atoms with Gasteiger partial charge in [-0.05, 0) is 55.9 Å². The molecule has 0 bridgehead atoms. The Kier molecular flexibility index (Phi) is 6.88. The minimum atomic E-state index is -0.611. The van der Waals surface area contributed by atoms with Crippen molar-refractivity contribution in [3.63, 3.8) is 0 Å². The summed E-state index contributed by atoms with van der Waals surface area (Å²) in [5.41, 5.74) is 1.26. The lowest BCUT2D eigenvalue weighted by molar-refractivity contribution is -0.130. The number of aliphatic hydroxyl groups excluding tert-OH is 1. The maximum Gasteiger partial charge on any atom is 0.294 e. The summed E-state index contributed by atoms with van der Waals surface area (Å²) in [4.78, 5) is 48.7. The smallest absolute Gasteiger partial charge is 0.294 e. The van der Waals surface area contributed by atoms with Gasteiger partial charge in [0.25, 0.3) is 5.91 Å². The Hall–Kier alpha value is -3.50. The van der Waals surface area contributed by atoms with Crippen LogP contribution in [-0.4, -0.2) is 50.3 Å². The van der Waals surface area contributed by atoms with E-state index in [0.29, 0.717) is 35.4 Å². The number of nitrogens with one attached hydrogen (secondary N) is 2. The van der Waals surface area contributed by atoms with Gasteiger partial charge in [-0.3, -0.25) is 19.4 Å². The Balaban J connectivity index is 1.35. The number of anilines is 2. The SMILES string of the molecule is O=C(Nc1ccc(Cl)cn1)c1oc2cc(CO)cnc2c1NC(=O)[C@H]1CC[C@H](N2CCCC2=O)CC1.